The Bertz CT molecular complexity index is 1840. The maximum atomic E-state index is 14.1. The fraction of sp³-hybridized carbons (Fsp3) is 0.172. The van der Waals surface area contributed by atoms with Crippen molar-refractivity contribution < 1.29 is 14.3 Å². The van der Waals surface area contributed by atoms with Gasteiger partial charge in [0, 0.05) is 44.1 Å². The van der Waals surface area contributed by atoms with Crippen molar-refractivity contribution in [2.24, 2.45) is 0 Å². The summed E-state index contributed by atoms with van der Waals surface area (Å²) in [6, 6.07) is 13.4. The third-order valence-electron chi connectivity index (χ3n) is 6.84. The van der Waals surface area contributed by atoms with Crippen molar-refractivity contribution >= 4 is 28.7 Å². The number of phenols is 1. The molecule has 6 rings (SSSR count). The highest BCUT2D eigenvalue weighted by Gasteiger charge is 2.22. The largest absolute Gasteiger partial charge is 0.507 e. The number of carbonyl (C=O) groups is 1. The number of benzene rings is 1. The molecule has 1 fully saturated rings. The number of rotatable bonds is 5. The van der Waals surface area contributed by atoms with Gasteiger partial charge in [-0.05, 0) is 42.3 Å². The van der Waals surface area contributed by atoms with Gasteiger partial charge < -0.3 is 26.0 Å². The molecule has 42 heavy (non-hydrogen) atoms. The molecule has 0 spiro atoms. The second-order valence-corrected chi connectivity index (χ2v) is 9.42. The van der Waals surface area contributed by atoms with Gasteiger partial charge in [-0.3, -0.25) is 4.79 Å². The number of hydrogen-bond acceptors (Lipinski definition) is 10. The molecule has 1 saturated heterocycles. The molecule has 4 aromatic heterocycles. The van der Waals surface area contributed by atoms with Gasteiger partial charge >= 0.3 is 0 Å². The normalized spacial score (nSPS) is 13.1. The number of nitrogens with two attached hydrogens (primary N) is 1. The summed E-state index contributed by atoms with van der Waals surface area (Å²) in [5.41, 5.74) is 8.29. The third kappa shape index (κ3) is 5.33. The average Bonchev–Trinajstić information content (AvgIpc) is 3.46. The molecule has 13 heteroatoms. The van der Waals surface area contributed by atoms with Crippen LogP contribution in [0.1, 0.15) is 16.2 Å². The molecule has 0 unspecified atom stereocenters. The number of fused-ring (bicyclic) bond motifs is 1. The molecule has 1 aliphatic heterocycles. The lowest BCUT2D eigenvalue weighted by Gasteiger charge is -2.36. The number of pyridine rings is 1. The fourth-order valence-corrected chi connectivity index (χ4v) is 4.74. The number of aromatic nitrogens is 6. The predicted octanol–water partition coefficient (Wildman–Crippen LogP) is 2.12. The summed E-state index contributed by atoms with van der Waals surface area (Å²) in [6.07, 6.45) is 4.53. The first-order valence-electron chi connectivity index (χ1n) is 13.1. The minimum absolute atomic E-state index is 0.0288. The number of piperazine rings is 1. The zero-order valence-electron chi connectivity index (χ0n) is 22.3. The van der Waals surface area contributed by atoms with Gasteiger partial charge in [-0.2, -0.15) is 5.10 Å². The van der Waals surface area contributed by atoms with Crippen LogP contribution in [0.5, 0.6) is 5.75 Å². The van der Waals surface area contributed by atoms with E-state index in [1.165, 1.54) is 22.8 Å². The number of nitrogen functional groups attached to an aromatic ring is 1. The molecule has 0 bridgehead atoms. The van der Waals surface area contributed by atoms with Crippen LogP contribution in [-0.4, -0.2) is 73.5 Å². The maximum Gasteiger partial charge on any atom is 0.255 e. The molecule has 0 radical (unpaired) electrons. The first-order valence-corrected chi connectivity index (χ1v) is 13.1. The van der Waals surface area contributed by atoms with Crippen LogP contribution in [0.25, 0.3) is 16.8 Å². The zero-order valence-corrected chi connectivity index (χ0v) is 22.3. The van der Waals surface area contributed by atoms with E-state index < -0.39 is 11.7 Å². The predicted molar refractivity (Wildman–Crippen MR) is 154 cm³/mol. The van der Waals surface area contributed by atoms with Crippen LogP contribution in [0.15, 0.2) is 67.1 Å². The van der Waals surface area contributed by atoms with Gasteiger partial charge in [0.25, 0.3) is 5.91 Å². The Morgan fingerprint density at radius 2 is 1.88 bits per heavy atom. The molecule has 0 saturated carbocycles. The fourth-order valence-electron chi connectivity index (χ4n) is 4.74. The zero-order chi connectivity index (χ0) is 29.1. The summed E-state index contributed by atoms with van der Waals surface area (Å²) in [6.45, 7) is 2.70. The van der Waals surface area contributed by atoms with Crippen molar-refractivity contribution in [1.29, 1.82) is 0 Å². The van der Waals surface area contributed by atoms with Crippen LogP contribution >= 0.6 is 0 Å². The Hall–Kier alpha value is -5.77. The van der Waals surface area contributed by atoms with Gasteiger partial charge in [0.2, 0.25) is 5.82 Å². The molecule has 0 aliphatic carbocycles. The van der Waals surface area contributed by atoms with Gasteiger partial charge in [0.1, 0.15) is 22.9 Å². The second kappa shape index (κ2) is 11.4. The van der Waals surface area contributed by atoms with Crippen molar-refractivity contribution in [3.8, 4) is 28.8 Å². The first kappa shape index (κ1) is 26.5. The summed E-state index contributed by atoms with van der Waals surface area (Å²) >= 11 is 0. The highest BCUT2D eigenvalue weighted by atomic mass is 19.1. The van der Waals surface area contributed by atoms with Gasteiger partial charge in [-0.1, -0.05) is 18.1 Å². The Labute approximate surface area is 239 Å². The Morgan fingerprint density at radius 1 is 1.07 bits per heavy atom. The van der Waals surface area contributed by atoms with E-state index in [9.17, 15) is 14.3 Å². The monoisotopic (exact) mass is 564 g/mol. The third-order valence-corrected chi connectivity index (χ3v) is 6.84. The van der Waals surface area contributed by atoms with Crippen molar-refractivity contribution in [1.82, 2.24) is 35.1 Å². The standard InChI is InChI=1S/C29H25FN10O2/c30-21-6-4-12-40-27(21)20(18-34-40)29(42)33-10-3-8-25-32-11-9-26(35-25)39-15-13-38(14-16-39)23-17-22(36-37-28(23)31)19-5-1-2-7-24(19)41/h1-2,4-7,9,11-12,17-18,41H,10,13-16H2,(H2,31,37)(H,33,42). The molecular weight excluding hydrogens is 539 g/mol. The smallest absolute Gasteiger partial charge is 0.255 e. The van der Waals surface area contributed by atoms with Gasteiger partial charge in [0.05, 0.1) is 29.7 Å². The number of hydrogen-bond donors (Lipinski definition) is 3. The molecule has 210 valence electrons. The SMILES string of the molecule is Nc1nnc(-c2ccccc2O)cc1N1CCN(c2ccnc(C#CCNC(=O)c3cnn4cccc(F)c34)n2)CC1. The number of nitrogens with zero attached hydrogens (tertiary/aromatic N) is 8. The van der Waals surface area contributed by atoms with Crippen LogP contribution < -0.4 is 20.9 Å². The Kier molecular flexibility index (Phi) is 7.17. The summed E-state index contributed by atoms with van der Waals surface area (Å²) < 4.78 is 15.5. The quantitative estimate of drug-likeness (QED) is 0.271. The van der Waals surface area contributed by atoms with E-state index in [-0.39, 0.29) is 23.4 Å². The van der Waals surface area contributed by atoms with Crippen LogP contribution in [0.4, 0.5) is 21.7 Å². The van der Waals surface area contributed by atoms with Crippen molar-refractivity contribution in [2.45, 2.75) is 0 Å². The van der Waals surface area contributed by atoms with Crippen LogP contribution in [-0.2, 0) is 0 Å². The number of phenolic OH excluding ortho intramolecular Hbond substituents is 1. The van der Waals surface area contributed by atoms with Gasteiger partial charge in [0.15, 0.2) is 5.82 Å². The lowest BCUT2D eigenvalue weighted by molar-refractivity contribution is 0.0960. The lowest BCUT2D eigenvalue weighted by atomic mass is 10.1. The van der Waals surface area contributed by atoms with E-state index >= 15 is 0 Å². The number of nitrogens with one attached hydrogen (secondary N) is 1. The second-order valence-electron chi connectivity index (χ2n) is 9.42. The number of halogens is 1. The molecule has 5 heterocycles. The van der Waals surface area contributed by atoms with E-state index in [2.05, 4.69) is 52.2 Å². The van der Waals surface area contributed by atoms with E-state index in [0.717, 1.165) is 11.5 Å². The lowest BCUT2D eigenvalue weighted by Crippen LogP contribution is -2.47. The minimum Gasteiger partial charge on any atom is -0.507 e. The van der Waals surface area contributed by atoms with Crippen molar-refractivity contribution in [2.75, 3.05) is 48.3 Å². The molecule has 0 atom stereocenters. The molecule has 4 N–H and O–H groups in total. The van der Waals surface area contributed by atoms with Crippen LogP contribution in [0.3, 0.4) is 0 Å². The topological polar surface area (TPSA) is 151 Å². The Morgan fingerprint density at radius 3 is 2.71 bits per heavy atom. The van der Waals surface area contributed by atoms with E-state index in [4.69, 9.17) is 5.73 Å². The Balaban J connectivity index is 1.08. The summed E-state index contributed by atoms with van der Waals surface area (Å²) in [5.74, 6) is 6.20. The van der Waals surface area contributed by atoms with E-state index in [1.807, 2.05) is 18.2 Å². The van der Waals surface area contributed by atoms with Crippen molar-refractivity contribution in [3.05, 3.63) is 84.3 Å². The van der Waals surface area contributed by atoms with E-state index in [0.29, 0.717) is 49.1 Å². The highest BCUT2D eigenvalue weighted by molar-refractivity contribution is 6.00. The first-order chi connectivity index (χ1) is 20.5. The van der Waals surface area contributed by atoms with E-state index in [1.54, 1.807) is 30.6 Å². The molecule has 1 aromatic carbocycles. The molecule has 5 aromatic rings. The molecule has 12 nitrogen and oxygen atoms in total. The number of para-hydroxylation sites is 1. The summed E-state index contributed by atoms with van der Waals surface area (Å²) in [5, 5.41) is 25.2. The van der Waals surface area contributed by atoms with Crippen LogP contribution in [0, 0.1) is 17.7 Å². The highest BCUT2D eigenvalue weighted by Crippen LogP contribution is 2.31. The number of amides is 1. The molecular formula is C29H25FN10O2. The number of carbonyl (C=O) groups excluding carboxylic acids is 1. The molecule has 1 aliphatic rings. The maximum absolute atomic E-state index is 14.1. The number of aromatic hydroxyl groups is 1. The van der Waals surface area contributed by atoms with Gasteiger partial charge in [-0.25, -0.2) is 18.9 Å². The summed E-state index contributed by atoms with van der Waals surface area (Å²) in [4.78, 5) is 25.6. The average molecular weight is 565 g/mol. The van der Waals surface area contributed by atoms with Crippen LogP contribution in [0.2, 0.25) is 0 Å². The number of anilines is 3. The summed E-state index contributed by atoms with van der Waals surface area (Å²) in [7, 11) is 0. The molecule has 1 amide bonds. The van der Waals surface area contributed by atoms with Crippen molar-refractivity contribution in [3.63, 3.8) is 0 Å². The van der Waals surface area contributed by atoms with Gasteiger partial charge in [-0.15, -0.1) is 10.2 Å². The minimum atomic E-state index is -0.532.